The number of hydrogen-bond acceptors (Lipinski definition) is 7. The molecule has 0 radical (unpaired) electrons. The van der Waals surface area contributed by atoms with Crippen LogP contribution in [0.1, 0.15) is 32.8 Å². The number of fused-ring (bicyclic) bond motifs is 1. The minimum Gasteiger partial charge on any atom is -0.367 e. The van der Waals surface area contributed by atoms with Crippen LogP contribution in [0.2, 0.25) is 0 Å². The molecule has 10 heteroatoms. The van der Waals surface area contributed by atoms with Gasteiger partial charge in [0.15, 0.2) is 10.8 Å². The van der Waals surface area contributed by atoms with Crippen LogP contribution in [0, 0.1) is 12.8 Å². The van der Waals surface area contributed by atoms with E-state index in [4.69, 9.17) is 0 Å². The maximum atomic E-state index is 12.8. The molecule has 9 nitrogen and oxygen atoms in total. The van der Waals surface area contributed by atoms with Crippen molar-refractivity contribution in [1.82, 2.24) is 25.1 Å². The number of aromatic nitrogens is 4. The van der Waals surface area contributed by atoms with Crippen molar-refractivity contribution in [2.24, 2.45) is 5.92 Å². The molecular formula is C24H31N7O2S. The molecular weight excluding hydrogens is 450 g/mol. The molecule has 1 atom stereocenters. The molecule has 1 aliphatic rings. The number of benzene rings is 1. The lowest BCUT2D eigenvalue weighted by Crippen LogP contribution is -2.35. The molecule has 4 rings (SSSR count). The fourth-order valence-electron chi connectivity index (χ4n) is 3.96. The number of rotatable bonds is 9. The van der Waals surface area contributed by atoms with Crippen LogP contribution in [0.5, 0.6) is 0 Å². The second-order valence-electron chi connectivity index (χ2n) is 8.72. The molecule has 1 unspecified atom stereocenters. The Kier molecular flexibility index (Phi) is 7.35. The van der Waals surface area contributed by atoms with Crippen LogP contribution in [-0.4, -0.2) is 56.4 Å². The van der Waals surface area contributed by atoms with Crippen molar-refractivity contribution < 1.29 is 9.59 Å². The molecule has 2 aromatic heterocycles. The minimum absolute atomic E-state index is 0.0232. The summed E-state index contributed by atoms with van der Waals surface area (Å²) in [4.78, 5) is 36.3. The molecule has 3 heterocycles. The van der Waals surface area contributed by atoms with Gasteiger partial charge >= 0.3 is 0 Å². The van der Waals surface area contributed by atoms with Gasteiger partial charge in [-0.25, -0.2) is 14.6 Å². The van der Waals surface area contributed by atoms with Gasteiger partial charge in [-0.05, 0) is 38.7 Å². The second-order valence-corrected chi connectivity index (χ2v) is 9.95. The lowest BCUT2D eigenvalue weighted by molar-refractivity contribution is -0.126. The average molecular weight is 482 g/mol. The molecule has 0 spiro atoms. The highest BCUT2D eigenvalue weighted by Crippen LogP contribution is 2.26. The predicted molar refractivity (Wildman–Crippen MR) is 135 cm³/mol. The van der Waals surface area contributed by atoms with Crippen molar-refractivity contribution in [2.45, 2.75) is 51.9 Å². The summed E-state index contributed by atoms with van der Waals surface area (Å²) >= 11 is 1.58. The van der Waals surface area contributed by atoms with Gasteiger partial charge in [-0.1, -0.05) is 36.4 Å². The van der Waals surface area contributed by atoms with E-state index in [1.54, 1.807) is 27.5 Å². The van der Waals surface area contributed by atoms with Crippen LogP contribution in [0.25, 0.3) is 11.0 Å². The highest BCUT2D eigenvalue weighted by molar-refractivity contribution is 7.99. The summed E-state index contributed by atoms with van der Waals surface area (Å²) in [6, 6.07) is 8.02. The maximum absolute atomic E-state index is 12.8. The summed E-state index contributed by atoms with van der Waals surface area (Å²) in [5, 5.41) is 12.4. The molecule has 1 aliphatic heterocycles. The number of amides is 2. The first kappa shape index (κ1) is 24.0. The Balaban J connectivity index is 1.39. The maximum Gasteiger partial charge on any atom is 0.227 e. The molecule has 1 saturated heterocycles. The fraction of sp³-hybridized carbons (Fsp3) is 0.458. The van der Waals surface area contributed by atoms with E-state index in [2.05, 4.69) is 46.5 Å². The van der Waals surface area contributed by atoms with E-state index in [0.29, 0.717) is 24.8 Å². The largest absolute Gasteiger partial charge is 0.367 e. The molecule has 1 fully saturated rings. The Hall–Kier alpha value is -3.14. The summed E-state index contributed by atoms with van der Waals surface area (Å²) in [7, 11) is 0. The minimum atomic E-state index is -0.361. The van der Waals surface area contributed by atoms with E-state index < -0.39 is 0 Å². The number of hydrogen-bond donors (Lipinski definition) is 2. The first-order chi connectivity index (χ1) is 16.4. The Bertz CT molecular complexity index is 1180. The molecule has 1 aromatic carbocycles. The highest BCUT2D eigenvalue weighted by atomic mass is 32.2. The normalized spacial score (nSPS) is 16.0. The van der Waals surface area contributed by atoms with Crippen LogP contribution in [0.15, 0.2) is 35.6 Å². The molecule has 3 aromatic rings. The molecule has 0 bridgehead atoms. The van der Waals surface area contributed by atoms with Crippen molar-refractivity contribution in [3.8, 4) is 0 Å². The van der Waals surface area contributed by atoms with Gasteiger partial charge in [-0.3, -0.25) is 9.59 Å². The third-order valence-corrected chi connectivity index (χ3v) is 6.37. The van der Waals surface area contributed by atoms with Crippen LogP contribution in [-0.2, 0) is 16.1 Å². The molecule has 180 valence electrons. The Morgan fingerprint density at radius 3 is 2.71 bits per heavy atom. The van der Waals surface area contributed by atoms with Gasteiger partial charge in [-0.15, -0.1) is 0 Å². The third kappa shape index (κ3) is 5.32. The van der Waals surface area contributed by atoms with Crippen molar-refractivity contribution in [2.75, 3.05) is 29.1 Å². The summed E-state index contributed by atoms with van der Waals surface area (Å²) < 4.78 is 1.79. The zero-order valence-corrected chi connectivity index (χ0v) is 20.9. The highest BCUT2D eigenvalue weighted by Gasteiger charge is 2.34. The Morgan fingerprint density at radius 2 is 2.00 bits per heavy atom. The third-order valence-electron chi connectivity index (χ3n) is 5.64. The van der Waals surface area contributed by atoms with Gasteiger partial charge in [0.1, 0.15) is 5.82 Å². The number of nitrogens with zero attached hydrogens (tertiary/aromatic N) is 5. The van der Waals surface area contributed by atoms with Crippen LogP contribution < -0.4 is 15.5 Å². The van der Waals surface area contributed by atoms with Gasteiger partial charge in [0, 0.05) is 31.2 Å². The first-order valence-corrected chi connectivity index (χ1v) is 12.6. The van der Waals surface area contributed by atoms with E-state index in [9.17, 15) is 9.59 Å². The van der Waals surface area contributed by atoms with Gasteiger partial charge < -0.3 is 15.5 Å². The summed E-state index contributed by atoms with van der Waals surface area (Å²) in [6.45, 7) is 9.47. The SMILES string of the molecule is CCSc1nc(NC(C)C)c2cnn(CCNC(=O)C3CC(=O)N(c4ccc(C)cc4)C3)c2n1. The van der Waals surface area contributed by atoms with Crippen molar-refractivity contribution in [3.63, 3.8) is 0 Å². The van der Waals surface area contributed by atoms with Crippen LogP contribution in [0.4, 0.5) is 11.5 Å². The lowest BCUT2D eigenvalue weighted by atomic mass is 10.1. The summed E-state index contributed by atoms with van der Waals surface area (Å²) in [5.74, 6) is 1.14. The van der Waals surface area contributed by atoms with E-state index in [-0.39, 0.29) is 30.2 Å². The predicted octanol–water partition coefficient (Wildman–Crippen LogP) is 3.24. The first-order valence-electron chi connectivity index (χ1n) is 11.6. The number of carbonyl (C=O) groups is 2. The zero-order chi connectivity index (χ0) is 24.2. The zero-order valence-electron chi connectivity index (χ0n) is 20.0. The topological polar surface area (TPSA) is 105 Å². The number of carbonyl (C=O) groups excluding carboxylic acids is 2. The fourth-order valence-corrected chi connectivity index (χ4v) is 4.53. The second kappa shape index (κ2) is 10.4. The molecule has 34 heavy (non-hydrogen) atoms. The van der Waals surface area contributed by atoms with Crippen LogP contribution >= 0.6 is 11.8 Å². The Morgan fingerprint density at radius 1 is 1.24 bits per heavy atom. The van der Waals surface area contributed by atoms with Gasteiger partial charge in [-0.2, -0.15) is 5.10 Å². The monoisotopic (exact) mass is 481 g/mol. The molecule has 2 amide bonds. The van der Waals surface area contributed by atoms with Gasteiger partial charge in [0.25, 0.3) is 0 Å². The standard InChI is InChI=1S/C24H31N7O2S/c1-5-34-24-28-21(27-15(2)3)19-13-26-31(22(19)29-24)11-10-25-23(33)17-12-20(32)30(14-17)18-8-6-16(4)7-9-18/h6-9,13,15,17H,5,10-12,14H2,1-4H3,(H,25,33)(H,27,28,29). The average Bonchev–Trinajstić information content (AvgIpc) is 3.38. The van der Waals surface area contributed by atoms with Crippen LogP contribution in [0.3, 0.4) is 0 Å². The van der Waals surface area contributed by atoms with E-state index in [1.807, 2.05) is 31.2 Å². The van der Waals surface area contributed by atoms with E-state index >= 15 is 0 Å². The van der Waals surface area contributed by atoms with Gasteiger partial charge in [0.05, 0.1) is 24.0 Å². The van der Waals surface area contributed by atoms with Gasteiger partial charge in [0.2, 0.25) is 11.8 Å². The smallest absolute Gasteiger partial charge is 0.227 e. The number of thioether (sulfide) groups is 1. The molecule has 0 saturated carbocycles. The summed E-state index contributed by atoms with van der Waals surface area (Å²) in [6.07, 6.45) is 1.98. The number of anilines is 2. The molecule has 0 aliphatic carbocycles. The Labute approximate surface area is 203 Å². The lowest BCUT2D eigenvalue weighted by Gasteiger charge is -2.17. The van der Waals surface area contributed by atoms with Crippen molar-refractivity contribution >= 4 is 46.1 Å². The number of nitrogens with one attached hydrogen (secondary N) is 2. The van der Waals surface area contributed by atoms with E-state index in [1.165, 1.54) is 0 Å². The van der Waals surface area contributed by atoms with Crippen molar-refractivity contribution in [1.29, 1.82) is 0 Å². The van der Waals surface area contributed by atoms with Crippen molar-refractivity contribution in [3.05, 3.63) is 36.0 Å². The van der Waals surface area contributed by atoms with E-state index in [0.717, 1.165) is 33.9 Å². The summed E-state index contributed by atoms with van der Waals surface area (Å²) in [5.41, 5.74) is 2.71. The quantitative estimate of drug-likeness (QED) is 0.357. The number of aryl methyl sites for hydroxylation is 1. The molecule has 2 N–H and O–H groups in total.